The molecule has 0 bridgehead atoms. The third-order valence-electron chi connectivity index (χ3n) is 3.03. The molecule has 0 saturated carbocycles. The summed E-state index contributed by atoms with van der Waals surface area (Å²) in [5.41, 5.74) is 6.98. The lowest BCUT2D eigenvalue weighted by molar-refractivity contribution is 0.170. The van der Waals surface area contributed by atoms with Crippen molar-refractivity contribution in [3.8, 4) is 5.75 Å². The Labute approximate surface area is 122 Å². The number of halogens is 2. The Morgan fingerprint density at radius 3 is 2.80 bits per heavy atom. The van der Waals surface area contributed by atoms with E-state index in [1.165, 1.54) is 18.2 Å². The maximum atomic E-state index is 13.2. The fourth-order valence-corrected chi connectivity index (χ4v) is 2.03. The van der Waals surface area contributed by atoms with Crippen LogP contribution < -0.4 is 10.5 Å². The van der Waals surface area contributed by atoms with E-state index in [0.717, 1.165) is 12.0 Å². The van der Waals surface area contributed by atoms with Crippen molar-refractivity contribution in [3.05, 3.63) is 59.1 Å². The van der Waals surface area contributed by atoms with Crippen LogP contribution >= 0.6 is 11.6 Å². The van der Waals surface area contributed by atoms with Crippen LogP contribution in [0.4, 0.5) is 4.39 Å². The normalized spacial score (nSPS) is 13.8. The van der Waals surface area contributed by atoms with Crippen molar-refractivity contribution in [1.82, 2.24) is 4.98 Å². The Balaban J connectivity index is 2.26. The van der Waals surface area contributed by atoms with Crippen molar-refractivity contribution >= 4 is 11.6 Å². The highest BCUT2D eigenvalue weighted by molar-refractivity contribution is 6.30. The van der Waals surface area contributed by atoms with Gasteiger partial charge in [-0.25, -0.2) is 4.39 Å². The molecular weight excluding hydrogens is 279 g/mol. The van der Waals surface area contributed by atoms with Crippen molar-refractivity contribution in [2.24, 2.45) is 5.73 Å². The first-order chi connectivity index (χ1) is 9.61. The van der Waals surface area contributed by atoms with Gasteiger partial charge in [-0.05, 0) is 24.6 Å². The zero-order valence-corrected chi connectivity index (χ0v) is 11.8. The molecule has 2 N–H and O–H groups in total. The van der Waals surface area contributed by atoms with Crippen LogP contribution in [-0.4, -0.2) is 11.0 Å². The van der Waals surface area contributed by atoms with Crippen molar-refractivity contribution in [3.63, 3.8) is 0 Å². The summed E-state index contributed by atoms with van der Waals surface area (Å²) >= 11 is 5.76. The Bertz CT molecular complexity index is 565. The lowest BCUT2D eigenvalue weighted by Crippen LogP contribution is -2.31. The zero-order chi connectivity index (χ0) is 14.5. The Kier molecular flexibility index (Phi) is 4.93. The number of ether oxygens (including phenoxy) is 1. The molecular formula is C15H16ClFN2O. The lowest BCUT2D eigenvalue weighted by Gasteiger charge is -2.24. The molecule has 2 rings (SSSR count). The predicted octanol–water partition coefficient (Wildman–Crippen LogP) is 3.73. The largest absolute Gasteiger partial charge is 0.484 e. The molecule has 2 unspecified atom stereocenters. The molecule has 0 spiro atoms. The van der Waals surface area contributed by atoms with Gasteiger partial charge in [-0.3, -0.25) is 4.98 Å². The second-order valence-electron chi connectivity index (χ2n) is 4.47. The average Bonchev–Trinajstić information content (AvgIpc) is 2.48. The number of rotatable bonds is 5. The van der Waals surface area contributed by atoms with Crippen LogP contribution in [0.15, 0.2) is 42.7 Å². The van der Waals surface area contributed by atoms with Gasteiger partial charge in [-0.15, -0.1) is 0 Å². The minimum Gasteiger partial charge on any atom is -0.484 e. The molecule has 0 aliphatic carbocycles. The molecule has 0 aliphatic rings. The minimum atomic E-state index is -0.475. The summed E-state index contributed by atoms with van der Waals surface area (Å²) < 4.78 is 19.0. The van der Waals surface area contributed by atoms with E-state index in [2.05, 4.69) is 4.98 Å². The highest BCUT2D eigenvalue weighted by Crippen LogP contribution is 2.28. The number of benzene rings is 1. The molecule has 0 fully saturated rings. The SMILES string of the molecule is CCC(N)C(Oc1ccc(F)c(Cl)c1)c1cccnc1. The number of nitrogens with two attached hydrogens (primary N) is 1. The third kappa shape index (κ3) is 3.46. The summed E-state index contributed by atoms with van der Waals surface area (Å²) in [5, 5.41) is 0.0255. The third-order valence-corrected chi connectivity index (χ3v) is 3.32. The maximum Gasteiger partial charge on any atom is 0.142 e. The molecule has 2 atom stereocenters. The van der Waals surface area contributed by atoms with Gasteiger partial charge in [0.15, 0.2) is 0 Å². The van der Waals surface area contributed by atoms with Gasteiger partial charge in [0.25, 0.3) is 0 Å². The van der Waals surface area contributed by atoms with Gasteiger partial charge in [0.1, 0.15) is 17.7 Å². The van der Waals surface area contributed by atoms with Gasteiger partial charge in [0, 0.05) is 30.1 Å². The summed E-state index contributed by atoms with van der Waals surface area (Å²) in [7, 11) is 0. The van der Waals surface area contributed by atoms with Crippen molar-refractivity contribution in [2.75, 3.05) is 0 Å². The minimum absolute atomic E-state index is 0.0255. The molecule has 0 amide bonds. The quantitative estimate of drug-likeness (QED) is 0.914. The van der Waals surface area contributed by atoms with Crippen LogP contribution in [0.1, 0.15) is 25.0 Å². The number of hydrogen-bond donors (Lipinski definition) is 1. The van der Waals surface area contributed by atoms with Crippen LogP contribution in [0, 0.1) is 5.82 Å². The topological polar surface area (TPSA) is 48.1 Å². The van der Waals surface area contributed by atoms with E-state index in [1.54, 1.807) is 12.4 Å². The average molecular weight is 295 g/mol. The predicted molar refractivity (Wildman–Crippen MR) is 77.3 cm³/mol. The zero-order valence-electron chi connectivity index (χ0n) is 11.1. The number of pyridine rings is 1. The molecule has 106 valence electrons. The first-order valence-electron chi connectivity index (χ1n) is 6.39. The highest BCUT2D eigenvalue weighted by Gasteiger charge is 2.21. The van der Waals surface area contributed by atoms with E-state index in [1.807, 2.05) is 19.1 Å². The Morgan fingerprint density at radius 1 is 1.40 bits per heavy atom. The summed E-state index contributed by atoms with van der Waals surface area (Å²) in [5.74, 6) is 0.00545. The van der Waals surface area contributed by atoms with Crippen LogP contribution in [0.3, 0.4) is 0 Å². The van der Waals surface area contributed by atoms with Crippen LogP contribution in [-0.2, 0) is 0 Å². The molecule has 0 saturated heterocycles. The van der Waals surface area contributed by atoms with Crippen LogP contribution in [0.25, 0.3) is 0 Å². The van der Waals surface area contributed by atoms with Gasteiger partial charge in [-0.2, -0.15) is 0 Å². The fourth-order valence-electron chi connectivity index (χ4n) is 1.86. The summed E-state index contributed by atoms with van der Waals surface area (Å²) in [6.07, 6.45) is 3.79. The van der Waals surface area contributed by atoms with E-state index in [-0.39, 0.29) is 17.2 Å². The van der Waals surface area contributed by atoms with E-state index in [0.29, 0.717) is 5.75 Å². The van der Waals surface area contributed by atoms with Gasteiger partial charge in [0.2, 0.25) is 0 Å². The van der Waals surface area contributed by atoms with Crippen molar-refractivity contribution in [1.29, 1.82) is 0 Å². The van der Waals surface area contributed by atoms with E-state index in [4.69, 9.17) is 22.1 Å². The standard InChI is InChI=1S/C15H16ClFN2O/c1-2-14(18)15(10-4-3-7-19-9-10)20-11-5-6-13(17)12(16)8-11/h3-9,14-15H,2,18H2,1H3. The first-order valence-corrected chi connectivity index (χ1v) is 6.76. The van der Waals surface area contributed by atoms with Crippen LogP contribution in [0.2, 0.25) is 5.02 Å². The van der Waals surface area contributed by atoms with Gasteiger partial charge >= 0.3 is 0 Å². The lowest BCUT2D eigenvalue weighted by atomic mass is 10.0. The van der Waals surface area contributed by atoms with Crippen molar-refractivity contribution in [2.45, 2.75) is 25.5 Å². The van der Waals surface area contributed by atoms with E-state index in [9.17, 15) is 4.39 Å². The first kappa shape index (κ1) is 14.8. The molecule has 1 heterocycles. The number of aromatic nitrogens is 1. The maximum absolute atomic E-state index is 13.2. The summed E-state index contributed by atoms with van der Waals surface area (Å²) in [6.45, 7) is 1.98. The molecule has 3 nitrogen and oxygen atoms in total. The van der Waals surface area contributed by atoms with Gasteiger partial charge in [-0.1, -0.05) is 24.6 Å². The van der Waals surface area contributed by atoms with E-state index < -0.39 is 5.82 Å². The molecule has 20 heavy (non-hydrogen) atoms. The molecule has 0 aliphatic heterocycles. The molecule has 2 aromatic rings. The fraction of sp³-hybridized carbons (Fsp3) is 0.267. The molecule has 5 heteroatoms. The molecule has 1 aromatic heterocycles. The van der Waals surface area contributed by atoms with Crippen molar-refractivity contribution < 1.29 is 9.13 Å². The number of nitrogens with zero attached hydrogens (tertiary/aromatic N) is 1. The highest BCUT2D eigenvalue weighted by atomic mass is 35.5. The monoisotopic (exact) mass is 294 g/mol. The molecule has 1 aromatic carbocycles. The van der Waals surface area contributed by atoms with E-state index >= 15 is 0 Å². The van der Waals surface area contributed by atoms with Gasteiger partial charge < -0.3 is 10.5 Å². The Hall–Kier alpha value is -1.65. The summed E-state index contributed by atoms with van der Waals surface area (Å²) in [6, 6.07) is 7.79. The van der Waals surface area contributed by atoms with Gasteiger partial charge in [0.05, 0.1) is 5.02 Å². The molecule has 0 radical (unpaired) electrons. The second-order valence-corrected chi connectivity index (χ2v) is 4.88. The Morgan fingerprint density at radius 2 is 2.20 bits per heavy atom. The smallest absolute Gasteiger partial charge is 0.142 e. The second kappa shape index (κ2) is 6.68. The summed E-state index contributed by atoms with van der Waals surface area (Å²) in [4.78, 5) is 4.07. The number of hydrogen-bond acceptors (Lipinski definition) is 3. The van der Waals surface area contributed by atoms with Crippen LogP contribution in [0.5, 0.6) is 5.75 Å².